The van der Waals surface area contributed by atoms with Gasteiger partial charge in [-0.15, -0.1) is 0 Å². The summed E-state index contributed by atoms with van der Waals surface area (Å²) >= 11 is 0. The Morgan fingerprint density at radius 3 is 2.69 bits per heavy atom. The first-order valence-corrected chi connectivity index (χ1v) is 5.14. The number of aryl methyl sites for hydroxylation is 1. The monoisotopic (exact) mass is 214 g/mol. The standard InChI is InChI=1S/C14H13FN/c1-16-10-3-2-7-14(16)9-8-12-5-4-6-13(15)11-12/h2-11H,1H3/q+1/b9-8+. The zero-order valence-electron chi connectivity index (χ0n) is 9.10. The van der Waals surface area contributed by atoms with Gasteiger partial charge in [0.2, 0.25) is 5.69 Å². The van der Waals surface area contributed by atoms with Crippen LogP contribution in [0.4, 0.5) is 4.39 Å². The molecule has 0 aliphatic rings. The number of aromatic nitrogens is 1. The van der Waals surface area contributed by atoms with Crippen molar-refractivity contribution in [1.29, 1.82) is 0 Å². The van der Waals surface area contributed by atoms with Crippen LogP contribution in [-0.4, -0.2) is 0 Å². The fourth-order valence-electron chi connectivity index (χ4n) is 1.50. The van der Waals surface area contributed by atoms with Gasteiger partial charge in [0.25, 0.3) is 0 Å². The van der Waals surface area contributed by atoms with Crippen LogP contribution >= 0.6 is 0 Å². The molecule has 0 N–H and O–H groups in total. The lowest BCUT2D eigenvalue weighted by atomic mass is 10.2. The molecule has 2 aromatic rings. The molecule has 0 aliphatic carbocycles. The molecule has 0 spiro atoms. The second-order valence-electron chi connectivity index (χ2n) is 3.62. The van der Waals surface area contributed by atoms with Gasteiger partial charge in [0.15, 0.2) is 6.20 Å². The highest BCUT2D eigenvalue weighted by molar-refractivity contribution is 5.66. The maximum atomic E-state index is 12.9. The number of rotatable bonds is 2. The molecule has 0 bridgehead atoms. The van der Waals surface area contributed by atoms with Gasteiger partial charge in [-0.3, -0.25) is 0 Å². The second kappa shape index (κ2) is 4.71. The van der Waals surface area contributed by atoms with Crippen molar-refractivity contribution in [1.82, 2.24) is 0 Å². The predicted octanol–water partition coefficient (Wildman–Crippen LogP) is 2.82. The Morgan fingerprint density at radius 2 is 1.94 bits per heavy atom. The van der Waals surface area contributed by atoms with E-state index in [1.807, 2.05) is 54.2 Å². The predicted molar refractivity (Wildman–Crippen MR) is 62.9 cm³/mol. The Labute approximate surface area is 94.5 Å². The Kier molecular flexibility index (Phi) is 3.10. The van der Waals surface area contributed by atoms with Crippen molar-refractivity contribution in [2.45, 2.75) is 0 Å². The summed E-state index contributed by atoms with van der Waals surface area (Å²) in [5.41, 5.74) is 1.94. The molecule has 0 fully saturated rings. The van der Waals surface area contributed by atoms with Crippen molar-refractivity contribution in [2.24, 2.45) is 7.05 Å². The van der Waals surface area contributed by atoms with Crippen LogP contribution in [0.5, 0.6) is 0 Å². The quantitative estimate of drug-likeness (QED) is 0.677. The summed E-state index contributed by atoms with van der Waals surface area (Å²) in [7, 11) is 1.98. The summed E-state index contributed by atoms with van der Waals surface area (Å²) in [6.45, 7) is 0. The Hall–Kier alpha value is -1.96. The van der Waals surface area contributed by atoms with E-state index in [9.17, 15) is 4.39 Å². The van der Waals surface area contributed by atoms with Crippen molar-refractivity contribution < 1.29 is 8.96 Å². The highest BCUT2D eigenvalue weighted by Crippen LogP contribution is 2.07. The summed E-state index contributed by atoms with van der Waals surface area (Å²) in [6, 6.07) is 12.5. The van der Waals surface area contributed by atoms with E-state index in [1.54, 1.807) is 6.07 Å². The Morgan fingerprint density at radius 1 is 1.06 bits per heavy atom. The number of pyridine rings is 1. The van der Waals surface area contributed by atoms with Gasteiger partial charge in [-0.05, 0) is 29.8 Å². The first-order chi connectivity index (χ1) is 7.75. The maximum Gasteiger partial charge on any atom is 0.204 e. The first kappa shape index (κ1) is 10.6. The first-order valence-electron chi connectivity index (χ1n) is 5.14. The molecule has 0 saturated carbocycles. The minimum atomic E-state index is -0.209. The lowest BCUT2D eigenvalue weighted by Gasteiger charge is -1.94. The van der Waals surface area contributed by atoms with Crippen LogP contribution in [0.2, 0.25) is 0 Å². The van der Waals surface area contributed by atoms with E-state index >= 15 is 0 Å². The molecule has 1 heterocycles. The summed E-state index contributed by atoms with van der Waals surface area (Å²) in [6.07, 6.45) is 5.85. The maximum absolute atomic E-state index is 12.9. The van der Waals surface area contributed by atoms with Crippen LogP contribution in [0.15, 0.2) is 48.7 Å². The van der Waals surface area contributed by atoms with Crippen LogP contribution in [0, 0.1) is 5.82 Å². The molecule has 0 atom stereocenters. The summed E-state index contributed by atoms with van der Waals surface area (Å²) < 4.78 is 14.9. The largest absolute Gasteiger partial charge is 0.207 e. The van der Waals surface area contributed by atoms with Crippen molar-refractivity contribution >= 4 is 12.2 Å². The van der Waals surface area contributed by atoms with Crippen molar-refractivity contribution in [3.8, 4) is 0 Å². The van der Waals surface area contributed by atoms with Gasteiger partial charge in [0.05, 0.1) is 0 Å². The third-order valence-corrected chi connectivity index (χ3v) is 2.39. The van der Waals surface area contributed by atoms with Crippen LogP contribution in [-0.2, 0) is 7.05 Å². The van der Waals surface area contributed by atoms with Crippen molar-refractivity contribution in [3.63, 3.8) is 0 Å². The number of hydrogen-bond acceptors (Lipinski definition) is 0. The third kappa shape index (κ3) is 2.54. The molecule has 1 aromatic carbocycles. The topological polar surface area (TPSA) is 3.88 Å². The molecule has 0 amide bonds. The average Bonchev–Trinajstić information content (AvgIpc) is 2.28. The molecule has 1 aromatic heterocycles. The molecular formula is C14H13FN+. The lowest BCUT2D eigenvalue weighted by Crippen LogP contribution is -2.30. The molecule has 0 radical (unpaired) electrons. The van der Waals surface area contributed by atoms with E-state index < -0.39 is 0 Å². The number of nitrogens with zero attached hydrogens (tertiary/aromatic N) is 1. The summed E-state index contributed by atoms with van der Waals surface area (Å²) in [5, 5.41) is 0. The number of hydrogen-bond donors (Lipinski definition) is 0. The second-order valence-corrected chi connectivity index (χ2v) is 3.62. The molecule has 2 rings (SSSR count). The van der Waals surface area contributed by atoms with Crippen LogP contribution < -0.4 is 4.57 Å². The zero-order valence-corrected chi connectivity index (χ0v) is 9.10. The van der Waals surface area contributed by atoms with E-state index in [1.165, 1.54) is 12.1 Å². The molecule has 0 saturated heterocycles. The van der Waals surface area contributed by atoms with Crippen LogP contribution in [0.3, 0.4) is 0 Å². The van der Waals surface area contributed by atoms with E-state index in [4.69, 9.17) is 0 Å². The fourth-order valence-corrected chi connectivity index (χ4v) is 1.50. The smallest absolute Gasteiger partial charge is 0.204 e. The highest BCUT2D eigenvalue weighted by atomic mass is 19.1. The summed E-state index contributed by atoms with van der Waals surface area (Å²) in [4.78, 5) is 0. The molecule has 0 unspecified atom stereocenters. The van der Waals surface area contributed by atoms with Gasteiger partial charge in [0.1, 0.15) is 12.9 Å². The molecule has 2 heteroatoms. The fraction of sp³-hybridized carbons (Fsp3) is 0.0714. The highest BCUT2D eigenvalue weighted by Gasteiger charge is 1.98. The van der Waals surface area contributed by atoms with Gasteiger partial charge in [-0.1, -0.05) is 12.1 Å². The zero-order chi connectivity index (χ0) is 11.4. The van der Waals surface area contributed by atoms with E-state index in [0.29, 0.717) is 0 Å². The van der Waals surface area contributed by atoms with Crippen molar-refractivity contribution in [3.05, 3.63) is 65.7 Å². The van der Waals surface area contributed by atoms with Gasteiger partial charge in [-0.25, -0.2) is 8.96 Å². The van der Waals surface area contributed by atoms with Crippen molar-refractivity contribution in [2.75, 3.05) is 0 Å². The molecule has 1 nitrogen and oxygen atoms in total. The normalized spacial score (nSPS) is 10.9. The SMILES string of the molecule is C[n+]1ccccc1/C=C/c1cccc(F)c1. The number of benzene rings is 1. The van der Waals surface area contributed by atoms with E-state index in [2.05, 4.69) is 0 Å². The van der Waals surface area contributed by atoms with Crippen LogP contribution in [0.1, 0.15) is 11.3 Å². The minimum Gasteiger partial charge on any atom is -0.207 e. The molecular weight excluding hydrogens is 201 g/mol. The Balaban J connectivity index is 2.25. The van der Waals surface area contributed by atoms with E-state index in [0.717, 1.165) is 11.3 Å². The third-order valence-electron chi connectivity index (χ3n) is 2.39. The van der Waals surface area contributed by atoms with E-state index in [-0.39, 0.29) is 5.82 Å². The average molecular weight is 214 g/mol. The Bertz CT molecular complexity index is 518. The molecule has 80 valence electrons. The van der Waals surface area contributed by atoms with Gasteiger partial charge in [-0.2, -0.15) is 0 Å². The van der Waals surface area contributed by atoms with Crippen LogP contribution in [0.25, 0.3) is 12.2 Å². The van der Waals surface area contributed by atoms with Gasteiger partial charge in [0, 0.05) is 18.2 Å². The minimum absolute atomic E-state index is 0.209. The molecule has 0 aliphatic heterocycles. The lowest BCUT2D eigenvalue weighted by molar-refractivity contribution is -0.673. The van der Waals surface area contributed by atoms with Gasteiger partial charge >= 0.3 is 0 Å². The molecule has 16 heavy (non-hydrogen) atoms. The number of halogens is 1. The van der Waals surface area contributed by atoms with Gasteiger partial charge < -0.3 is 0 Å². The summed E-state index contributed by atoms with van der Waals surface area (Å²) in [5.74, 6) is -0.209.